The molecule has 2 heterocycles. The van der Waals surface area contributed by atoms with Crippen LogP contribution in [0.1, 0.15) is 11.5 Å². The molecule has 1 saturated carbocycles. The summed E-state index contributed by atoms with van der Waals surface area (Å²) >= 11 is 0. The SMILES string of the molecule is O=C(CO)NC[C@H]1CN(c2ccc(C3[C@H]4CS(=O)(=O)C[C@@H]34)c(F)c2)C(=O)O1. The summed E-state index contributed by atoms with van der Waals surface area (Å²) in [5.74, 6) is -0.898. The second kappa shape index (κ2) is 6.45. The zero-order valence-electron chi connectivity index (χ0n) is 14.3. The van der Waals surface area contributed by atoms with Gasteiger partial charge in [-0.3, -0.25) is 9.69 Å². The van der Waals surface area contributed by atoms with Crippen molar-refractivity contribution in [3.8, 4) is 0 Å². The molecule has 2 amide bonds. The summed E-state index contributed by atoms with van der Waals surface area (Å²) in [4.78, 5) is 24.4. The molecule has 0 spiro atoms. The number of aliphatic hydroxyl groups excluding tert-OH is 1. The average molecular weight is 398 g/mol. The summed E-state index contributed by atoms with van der Waals surface area (Å²) in [7, 11) is -2.99. The van der Waals surface area contributed by atoms with Gasteiger partial charge in [-0.05, 0) is 35.4 Å². The Kier molecular flexibility index (Phi) is 4.34. The summed E-state index contributed by atoms with van der Waals surface area (Å²) in [6, 6.07) is 4.49. The molecule has 27 heavy (non-hydrogen) atoms. The number of hydrogen-bond donors (Lipinski definition) is 2. The van der Waals surface area contributed by atoms with Gasteiger partial charge >= 0.3 is 6.09 Å². The lowest BCUT2D eigenvalue weighted by Crippen LogP contribution is -2.36. The third-order valence-electron chi connectivity index (χ3n) is 5.42. The molecule has 1 unspecified atom stereocenters. The van der Waals surface area contributed by atoms with Crippen molar-refractivity contribution in [1.29, 1.82) is 0 Å². The number of carbonyl (C=O) groups excluding carboxylic acids is 2. The van der Waals surface area contributed by atoms with Gasteiger partial charge in [-0.1, -0.05) is 6.07 Å². The number of anilines is 1. The first-order chi connectivity index (χ1) is 12.8. The van der Waals surface area contributed by atoms with Crippen molar-refractivity contribution in [2.24, 2.45) is 11.8 Å². The van der Waals surface area contributed by atoms with Crippen molar-refractivity contribution in [2.75, 3.05) is 36.1 Å². The largest absolute Gasteiger partial charge is 0.442 e. The fraction of sp³-hybridized carbons (Fsp3) is 0.529. The minimum absolute atomic E-state index is 0.00776. The van der Waals surface area contributed by atoms with Crippen LogP contribution in [0.2, 0.25) is 0 Å². The maximum atomic E-state index is 14.6. The zero-order chi connectivity index (χ0) is 19.3. The quantitative estimate of drug-likeness (QED) is 0.723. The van der Waals surface area contributed by atoms with Gasteiger partial charge in [0.1, 0.15) is 18.5 Å². The lowest BCUT2D eigenvalue weighted by atomic mass is 10.1. The molecule has 0 bridgehead atoms. The standard InChI is InChI=1S/C17H19FN2O6S/c18-14-3-9(20-5-10(26-17(20)23)4-19-15(22)6-21)1-2-11(14)16-12-7-27(24,25)8-13(12)16/h1-3,10,12-13,16,21H,4-8H2,(H,19,22)/t10-,12-,13+,16?/m0/s1. The van der Waals surface area contributed by atoms with Crippen LogP contribution in [0.15, 0.2) is 18.2 Å². The molecule has 1 aliphatic carbocycles. The first kappa shape index (κ1) is 18.2. The molecule has 4 rings (SSSR count). The highest BCUT2D eigenvalue weighted by Gasteiger charge is 2.59. The van der Waals surface area contributed by atoms with Crippen molar-refractivity contribution in [2.45, 2.75) is 12.0 Å². The van der Waals surface area contributed by atoms with Crippen LogP contribution in [-0.2, 0) is 19.4 Å². The molecule has 0 radical (unpaired) electrons. The van der Waals surface area contributed by atoms with Crippen molar-refractivity contribution in [3.63, 3.8) is 0 Å². The Morgan fingerprint density at radius 2 is 2.04 bits per heavy atom. The highest BCUT2D eigenvalue weighted by Crippen LogP contribution is 2.59. The monoisotopic (exact) mass is 398 g/mol. The molecule has 146 valence electrons. The van der Waals surface area contributed by atoms with Crippen LogP contribution < -0.4 is 10.2 Å². The molecule has 2 saturated heterocycles. The Labute approximate surface area is 155 Å². The van der Waals surface area contributed by atoms with E-state index in [1.165, 1.54) is 11.0 Å². The van der Waals surface area contributed by atoms with Crippen LogP contribution >= 0.6 is 0 Å². The molecule has 8 nitrogen and oxygen atoms in total. The molecule has 3 fully saturated rings. The van der Waals surface area contributed by atoms with E-state index in [-0.39, 0.29) is 42.3 Å². The second-order valence-electron chi connectivity index (χ2n) is 7.21. The van der Waals surface area contributed by atoms with Crippen LogP contribution in [0.3, 0.4) is 0 Å². The van der Waals surface area contributed by atoms with Crippen molar-refractivity contribution in [3.05, 3.63) is 29.6 Å². The number of aliphatic hydroxyl groups is 1. The third-order valence-corrected chi connectivity index (χ3v) is 7.21. The maximum Gasteiger partial charge on any atom is 0.414 e. The Hall–Kier alpha value is -2.20. The number of nitrogens with zero attached hydrogens (tertiary/aromatic N) is 1. The predicted octanol–water partition coefficient (Wildman–Crippen LogP) is 0.0174. The molecule has 10 heteroatoms. The van der Waals surface area contributed by atoms with Crippen molar-refractivity contribution in [1.82, 2.24) is 5.32 Å². The van der Waals surface area contributed by atoms with Gasteiger partial charge < -0.3 is 15.2 Å². The van der Waals surface area contributed by atoms with Crippen LogP contribution in [-0.4, -0.2) is 62.8 Å². The Morgan fingerprint density at radius 1 is 1.33 bits per heavy atom. The highest BCUT2D eigenvalue weighted by molar-refractivity contribution is 7.91. The average Bonchev–Trinajstić information content (AvgIpc) is 2.95. The van der Waals surface area contributed by atoms with Gasteiger partial charge in [0.25, 0.3) is 0 Å². The molecule has 2 N–H and O–H groups in total. The topological polar surface area (TPSA) is 113 Å². The van der Waals surface area contributed by atoms with Gasteiger partial charge in [-0.2, -0.15) is 0 Å². The molecular formula is C17H19FN2O6S. The number of carbonyl (C=O) groups is 2. The first-order valence-corrected chi connectivity index (χ1v) is 10.5. The van der Waals surface area contributed by atoms with Crippen LogP contribution in [0.5, 0.6) is 0 Å². The summed E-state index contributed by atoms with van der Waals surface area (Å²) in [6.07, 6.45) is -1.23. The number of ether oxygens (including phenoxy) is 1. The number of rotatable bonds is 5. The lowest BCUT2D eigenvalue weighted by molar-refractivity contribution is -0.124. The van der Waals surface area contributed by atoms with E-state index >= 15 is 0 Å². The van der Waals surface area contributed by atoms with Gasteiger partial charge in [0, 0.05) is 0 Å². The van der Waals surface area contributed by atoms with Gasteiger partial charge in [-0.15, -0.1) is 0 Å². The summed E-state index contributed by atoms with van der Waals surface area (Å²) in [6.45, 7) is -0.445. The Morgan fingerprint density at radius 3 is 2.67 bits per heavy atom. The molecule has 3 aliphatic rings. The predicted molar refractivity (Wildman–Crippen MR) is 92.5 cm³/mol. The molecule has 4 atom stereocenters. The van der Waals surface area contributed by atoms with E-state index in [4.69, 9.17) is 9.84 Å². The number of fused-ring (bicyclic) bond motifs is 1. The zero-order valence-corrected chi connectivity index (χ0v) is 15.1. The normalized spacial score (nSPS) is 30.7. The summed E-state index contributed by atoms with van der Waals surface area (Å²) in [5, 5.41) is 11.1. The van der Waals surface area contributed by atoms with Gasteiger partial charge in [0.15, 0.2) is 9.84 Å². The number of amides is 2. The highest BCUT2D eigenvalue weighted by atomic mass is 32.2. The van der Waals surface area contributed by atoms with Gasteiger partial charge in [0.2, 0.25) is 5.91 Å². The summed E-state index contributed by atoms with van der Waals surface area (Å²) in [5.41, 5.74) is 0.832. The minimum Gasteiger partial charge on any atom is -0.442 e. The van der Waals surface area contributed by atoms with E-state index < -0.39 is 40.4 Å². The Balaban J connectivity index is 1.43. The maximum absolute atomic E-state index is 14.6. The molecule has 1 aromatic carbocycles. The van der Waals surface area contributed by atoms with E-state index in [1.807, 2.05) is 0 Å². The number of cyclic esters (lactones) is 1. The number of sulfone groups is 1. The van der Waals surface area contributed by atoms with E-state index in [0.717, 1.165) is 0 Å². The van der Waals surface area contributed by atoms with Gasteiger partial charge in [-0.25, -0.2) is 17.6 Å². The van der Waals surface area contributed by atoms with Crippen LogP contribution in [0.4, 0.5) is 14.9 Å². The smallest absolute Gasteiger partial charge is 0.414 e. The molecule has 0 aromatic heterocycles. The third kappa shape index (κ3) is 3.39. The van der Waals surface area contributed by atoms with E-state index in [1.54, 1.807) is 12.1 Å². The number of nitrogens with one attached hydrogen (secondary N) is 1. The minimum atomic E-state index is -2.99. The van der Waals surface area contributed by atoms with E-state index in [2.05, 4.69) is 5.32 Å². The second-order valence-corrected chi connectivity index (χ2v) is 9.37. The van der Waals surface area contributed by atoms with E-state index in [0.29, 0.717) is 11.3 Å². The molecule has 1 aromatic rings. The fourth-order valence-corrected chi connectivity index (χ4v) is 6.31. The van der Waals surface area contributed by atoms with Crippen LogP contribution in [0.25, 0.3) is 0 Å². The molecule has 2 aliphatic heterocycles. The van der Waals surface area contributed by atoms with Crippen LogP contribution in [0, 0.1) is 17.7 Å². The Bertz CT molecular complexity index is 887. The van der Waals surface area contributed by atoms with Gasteiger partial charge in [0.05, 0.1) is 30.3 Å². The summed E-state index contributed by atoms with van der Waals surface area (Å²) < 4.78 is 42.8. The lowest BCUT2D eigenvalue weighted by Gasteiger charge is -2.15. The van der Waals surface area contributed by atoms with Crippen molar-refractivity contribution < 1.29 is 32.2 Å². The number of halogens is 1. The number of hydrogen-bond acceptors (Lipinski definition) is 6. The first-order valence-electron chi connectivity index (χ1n) is 8.64. The fourth-order valence-electron chi connectivity index (χ4n) is 4.09. The van der Waals surface area contributed by atoms with Crippen molar-refractivity contribution >= 4 is 27.5 Å². The molecular weight excluding hydrogens is 379 g/mol. The van der Waals surface area contributed by atoms with E-state index in [9.17, 15) is 22.4 Å². The number of benzene rings is 1.